The maximum atomic E-state index is 6.48. The quantitative estimate of drug-likeness (QED) is 0.184. The van der Waals surface area contributed by atoms with Crippen molar-refractivity contribution in [3.8, 4) is 50.3 Å². The zero-order valence-electron chi connectivity index (χ0n) is 21.4. The Kier molecular flexibility index (Phi) is 7.64. The van der Waals surface area contributed by atoms with Gasteiger partial charge in [-0.25, -0.2) is 0 Å². The number of para-hydroxylation sites is 1. The minimum absolute atomic E-state index is 0.121. The van der Waals surface area contributed by atoms with E-state index in [1.807, 2.05) is 30.3 Å². The molecule has 0 fully saturated rings. The fraction of sp³-hybridized carbons (Fsp3) is 0. The summed E-state index contributed by atoms with van der Waals surface area (Å²) in [6, 6.07) is 53.1. The van der Waals surface area contributed by atoms with Crippen molar-refractivity contribution in [3.05, 3.63) is 152 Å². The van der Waals surface area contributed by atoms with Gasteiger partial charge in [0.25, 0.3) is 0 Å². The van der Waals surface area contributed by atoms with Crippen LogP contribution in [0.4, 0.5) is 0 Å². The number of benzene rings is 6. The van der Waals surface area contributed by atoms with Gasteiger partial charge in [0.05, 0.1) is 0 Å². The van der Waals surface area contributed by atoms with Gasteiger partial charge in [0, 0.05) is 10.9 Å². The number of hydrogen-bond acceptors (Lipinski definition) is 1. The fourth-order valence-corrected chi connectivity index (χ4v) is 6.65. The van der Waals surface area contributed by atoms with Crippen LogP contribution in [0.3, 0.4) is 0 Å². The molecule has 0 saturated carbocycles. The molecule has 0 N–H and O–H groups in total. The maximum Gasteiger partial charge on any atom is 0.123 e. The van der Waals surface area contributed by atoms with Gasteiger partial charge in [-0.15, -0.1) is 9.24 Å². The lowest BCUT2D eigenvalue weighted by Crippen LogP contribution is -2.22. The first-order valence-electron chi connectivity index (χ1n) is 13.0. The topological polar surface area (TPSA) is 9.23 Å². The van der Waals surface area contributed by atoms with Gasteiger partial charge in [0.1, 0.15) is 14.6 Å². The van der Waals surface area contributed by atoms with Gasteiger partial charge in [-0.1, -0.05) is 140 Å². The summed E-state index contributed by atoms with van der Waals surface area (Å²) in [5, 5.41) is 2.35. The predicted octanol–water partition coefficient (Wildman–Crippen LogP) is 9.15. The van der Waals surface area contributed by atoms with Crippen molar-refractivity contribution >= 4 is 28.7 Å². The lowest BCUT2D eigenvalue weighted by molar-refractivity contribution is 0.638. The summed E-state index contributed by atoms with van der Waals surface area (Å²) < 4.78 is 6.48. The van der Waals surface area contributed by atoms with E-state index in [1.54, 1.807) is 0 Å². The fourth-order valence-electron chi connectivity index (χ4n) is 5.06. The van der Waals surface area contributed by atoms with Crippen LogP contribution in [0.25, 0.3) is 44.5 Å². The molecule has 0 saturated heterocycles. The second-order valence-electron chi connectivity index (χ2n) is 9.27. The van der Waals surface area contributed by atoms with Gasteiger partial charge >= 0.3 is 0 Å². The average Bonchev–Trinajstić information content (AvgIpc) is 3.02. The van der Waals surface area contributed by atoms with Crippen LogP contribution < -0.4 is 15.1 Å². The van der Waals surface area contributed by atoms with Crippen LogP contribution in [-0.4, -0.2) is 0 Å². The Morgan fingerprint density at radius 3 is 1.15 bits per heavy atom. The molecule has 0 aliphatic rings. The smallest absolute Gasteiger partial charge is 0.123 e. The highest BCUT2D eigenvalue weighted by Crippen LogP contribution is 2.46. The molecule has 0 aromatic heterocycles. The van der Waals surface area contributed by atoms with Crippen LogP contribution in [0, 0.1) is 0 Å². The molecular weight excluding hydrogens is 510 g/mol. The van der Waals surface area contributed by atoms with Crippen molar-refractivity contribution in [2.75, 3.05) is 0 Å². The largest absolute Gasteiger partial charge is 0.472 e. The number of rotatable bonds is 7. The van der Waals surface area contributed by atoms with E-state index in [1.165, 1.54) is 49.8 Å². The Bertz CT molecular complexity index is 1670. The van der Waals surface area contributed by atoms with Gasteiger partial charge in [-0.2, -0.15) is 0 Å². The summed E-state index contributed by atoms with van der Waals surface area (Å²) in [5.74, 6) is 0.869. The molecule has 0 bridgehead atoms. The van der Waals surface area contributed by atoms with Gasteiger partial charge in [-0.3, -0.25) is 0 Å². The third-order valence-corrected chi connectivity index (χ3v) is 8.73. The first-order valence-corrected chi connectivity index (χ1v) is 14.5. The molecule has 0 aliphatic carbocycles. The predicted molar refractivity (Wildman–Crippen MR) is 173 cm³/mol. The molecule has 3 heteroatoms. The van der Waals surface area contributed by atoms with Crippen molar-refractivity contribution in [2.24, 2.45) is 0 Å². The zero-order valence-corrected chi connectivity index (χ0v) is 23.6. The van der Waals surface area contributed by atoms with Crippen molar-refractivity contribution in [1.29, 1.82) is 0 Å². The van der Waals surface area contributed by atoms with Crippen LogP contribution in [0.1, 0.15) is 0 Å². The van der Waals surface area contributed by atoms with Crippen molar-refractivity contribution in [2.45, 2.75) is 0 Å². The van der Waals surface area contributed by atoms with E-state index < -0.39 is 0 Å². The molecular formula is C36H28OP2. The standard InChI is InChI=1S/C36H28OP2/c38-35-33(28-20-10-3-11-21-28)31(26-16-6-1-7-17-26)32(27-18-8-2-9-19-27)34(29-22-12-4-13-23-29)36(35)39-37-30-24-14-5-15-25-30/h1-25,39H,38H2. The van der Waals surface area contributed by atoms with Crippen LogP contribution in [0.15, 0.2) is 152 Å². The highest BCUT2D eigenvalue weighted by Gasteiger charge is 2.26. The van der Waals surface area contributed by atoms with E-state index in [0.29, 0.717) is 0 Å². The van der Waals surface area contributed by atoms with Gasteiger partial charge in [0.15, 0.2) is 0 Å². The van der Waals surface area contributed by atoms with Crippen LogP contribution >= 0.6 is 18.0 Å². The molecule has 0 heterocycles. The summed E-state index contributed by atoms with van der Waals surface area (Å²) in [5.41, 5.74) is 9.60. The molecule has 0 aliphatic heterocycles. The molecule has 1 nitrogen and oxygen atoms in total. The third-order valence-electron chi connectivity index (χ3n) is 6.80. The molecule has 2 unspecified atom stereocenters. The van der Waals surface area contributed by atoms with E-state index in [2.05, 4.69) is 131 Å². The Labute approximate surface area is 234 Å². The molecule has 39 heavy (non-hydrogen) atoms. The third kappa shape index (κ3) is 5.30. The van der Waals surface area contributed by atoms with E-state index in [9.17, 15) is 0 Å². The molecule has 6 aromatic rings. The molecule has 0 amide bonds. The Morgan fingerprint density at radius 1 is 0.385 bits per heavy atom. The normalized spacial score (nSPS) is 11.1. The molecule has 188 valence electrons. The second-order valence-corrected chi connectivity index (χ2v) is 10.8. The molecule has 0 radical (unpaired) electrons. The molecule has 6 aromatic carbocycles. The minimum Gasteiger partial charge on any atom is -0.472 e. The molecule has 6 rings (SSSR count). The van der Waals surface area contributed by atoms with Crippen molar-refractivity contribution in [1.82, 2.24) is 0 Å². The Morgan fingerprint density at radius 2 is 0.718 bits per heavy atom. The summed E-state index contributed by atoms with van der Waals surface area (Å²) in [7, 11) is 3.21. The maximum absolute atomic E-state index is 6.48. The van der Waals surface area contributed by atoms with E-state index in [4.69, 9.17) is 4.52 Å². The lowest BCUT2D eigenvalue weighted by Gasteiger charge is -2.26. The summed E-state index contributed by atoms with van der Waals surface area (Å²) in [6.07, 6.45) is 0. The van der Waals surface area contributed by atoms with E-state index >= 15 is 0 Å². The average molecular weight is 539 g/mol. The highest BCUT2D eigenvalue weighted by atomic mass is 31.1. The van der Waals surface area contributed by atoms with Crippen LogP contribution in [0.5, 0.6) is 5.75 Å². The highest BCUT2D eigenvalue weighted by molar-refractivity contribution is 7.46. The van der Waals surface area contributed by atoms with Gasteiger partial charge < -0.3 is 4.52 Å². The summed E-state index contributed by atoms with van der Waals surface area (Å²) >= 11 is 0. The lowest BCUT2D eigenvalue weighted by atomic mass is 9.82. The Balaban J connectivity index is 1.75. The Hall–Kier alpha value is -4.02. The summed E-state index contributed by atoms with van der Waals surface area (Å²) in [4.78, 5) is 0. The minimum atomic E-state index is 0.121. The zero-order chi connectivity index (χ0) is 26.4. The molecule has 2 atom stereocenters. The number of hydrogen-bond donors (Lipinski definition) is 0. The first kappa shape index (κ1) is 25.3. The monoisotopic (exact) mass is 538 g/mol. The summed E-state index contributed by atoms with van der Waals surface area (Å²) in [6.45, 7) is 0. The van der Waals surface area contributed by atoms with E-state index in [0.717, 1.165) is 11.1 Å². The van der Waals surface area contributed by atoms with Crippen molar-refractivity contribution < 1.29 is 4.52 Å². The first-order chi connectivity index (χ1) is 19.3. The van der Waals surface area contributed by atoms with Crippen molar-refractivity contribution in [3.63, 3.8) is 0 Å². The van der Waals surface area contributed by atoms with Gasteiger partial charge in [0.2, 0.25) is 0 Å². The van der Waals surface area contributed by atoms with Gasteiger partial charge in [-0.05, 0) is 56.4 Å². The SMILES string of the molecule is Pc1c(POc2ccccc2)c(-c2ccccc2)c(-c2ccccc2)c(-c2ccccc2)c1-c1ccccc1. The second kappa shape index (κ2) is 11.8. The van der Waals surface area contributed by atoms with Crippen LogP contribution in [-0.2, 0) is 0 Å². The van der Waals surface area contributed by atoms with E-state index in [-0.39, 0.29) is 8.81 Å². The van der Waals surface area contributed by atoms with Crippen LogP contribution in [0.2, 0.25) is 0 Å². The molecule has 0 spiro atoms.